The van der Waals surface area contributed by atoms with Gasteiger partial charge >= 0.3 is 0 Å². The van der Waals surface area contributed by atoms with Gasteiger partial charge in [0, 0.05) is 12.0 Å². The van der Waals surface area contributed by atoms with Gasteiger partial charge in [0.15, 0.2) is 5.79 Å². The van der Waals surface area contributed by atoms with Gasteiger partial charge in [0.05, 0.1) is 12.7 Å². The summed E-state index contributed by atoms with van der Waals surface area (Å²) in [4.78, 5) is 0. The number of aliphatic hydroxyl groups is 1. The first kappa shape index (κ1) is 12.8. The van der Waals surface area contributed by atoms with Crippen LogP contribution in [0.3, 0.4) is 0 Å². The molecule has 0 aromatic heterocycles. The SMILES string of the molecule is CC1(C)OC[C@@H](C2CC(O)c3cc(F)ccc3O2)O1. The van der Waals surface area contributed by atoms with Crippen LogP contribution in [-0.4, -0.2) is 29.7 Å². The molecule has 4 nitrogen and oxygen atoms in total. The van der Waals surface area contributed by atoms with Crippen LogP contribution in [0.25, 0.3) is 0 Å². The van der Waals surface area contributed by atoms with Gasteiger partial charge in [-0.2, -0.15) is 0 Å². The van der Waals surface area contributed by atoms with Gasteiger partial charge in [-0.1, -0.05) is 0 Å². The zero-order chi connectivity index (χ0) is 13.6. The predicted octanol–water partition coefficient (Wildman–Crippen LogP) is 2.16. The van der Waals surface area contributed by atoms with E-state index in [2.05, 4.69) is 0 Å². The van der Waals surface area contributed by atoms with Crippen LogP contribution >= 0.6 is 0 Å². The molecule has 104 valence electrons. The average Bonchev–Trinajstić information content (AvgIpc) is 2.70. The minimum Gasteiger partial charge on any atom is -0.487 e. The minimum atomic E-state index is -0.739. The fourth-order valence-electron chi connectivity index (χ4n) is 2.57. The average molecular weight is 268 g/mol. The summed E-state index contributed by atoms with van der Waals surface area (Å²) >= 11 is 0. The molecule has 0 amide bonds. The maximum absolute atomic E-state index is 13.2. The summed E-state index contributed by atoms with van der Waals surface area (Å²) in [5.41, 5.74) is 0.495. The first-order valence-corrected chi connectivity index (χ1v) is 6.40. The molecule has 19 heavy (non-hydrogen) atoms. The molecule has 0 saturated carbocycles. The highest BCUT2D eigenvalue weighted by atomic mass is 19.1. The number of benzene rings is 1. The molecule has 0 aliphatic carbocycles. The quantitative estimate of drug-likeness (QED) is 0.848. The Balaban J connectivity index is 1.80. The van der Waals surface area contributed by atoms with E-state index in [0.717, 1.165) is 0 Å². The summed E-state index contributed by atoms with van der Waals surface area (Å²) in [6.45, 7) is 4.12. The van der Waals surface area contributed by atoms with Gasteiger partial charge in [0.25, 0.3) is 0 Å². The summed E-state index contributed by atoms with van der Waals surface area (Å²) in [7, 11) is 0. The van der Waals surface area contributed by atoms with Gasteiger partial charge in [0.2, 0.25) is 0 Å². The lowest BCUT2D eigenvalue weighted by Crippen LogP contribution is -2.39. The number of rotatable bonds is 1. The third kappa shape index (κ3) is 2.45. The van der Waals surface area contributed by atoms with E-state index in [9.17, 15) is 9.50 Å². The van der Waals surface area contributed by atoms with Crippen molar-refractivity contribution in [3.63, 3.8) is 0 Å². The smallest absolute Gasteiger partial charge is 0.163 e. The molecule has 1 N–H and O–H groups in total. The second-order valence-electron chi connectivity index (χ2n) is 5.46. The van der Waals surface area contributed by atoms with Crippen molar-refractivity contribution < 1.29 is 23.7 Å². The van der Waals surface area contributed by atoms with Crippen molar-refractivity contribution in [3.05, 3.63) is 29.6 Å². The highest BCUT2D eigenvalue weighted by Crippen LogP contribution is 2.38. The summed E-state index contributed by atoms with van der Waals surface area (Å²) in [5, 5.41) is 10.1. The van der Waals surface area contributed by atoms with Crippen LogP contribution in [-0.2, 0) is 9.47 Å². The molecule has 0 bridgehead atoms. The van der Waals surface area contributed by atoms with Crippen LogP contribution in [0.1, 0.15) is 31.9 Å². The first-order chi connectivity index (χ1) is 8.94. The zero-order valence-corrected chi connectivity index (χ0v) is 10.9. The molecule has 1 aromatic rings. The molecule has 0 radical (unpaired) electrons. The molecule has 3 atom stereocenters. The van der Waals surface area contributed by atoms with Crippen molar-refractivity contribution in [1.82, 2.24) is 0 Å². The molecule has 3 rings (SSSR count). The largest absolute Gasteiger partial charge is 0.487 e. The molecule has 0 spiro atoms. The Morgan fingerprint density at radius 3 is 2.79 bits per heavy atom. The highest BCUT2D eigenvalue weighted by Gasteiger charge is 2.41. The van der Waals surface area contributed by atoms with Crippen LogP contribution in [0.5, 0.6) is 5.75 Å². The Labute approximate surface area is 111 Å². The van der Waals surface area contributed by atoms with E-state index in [1.165, 1.54) is 12.1 Å². The van der Waals surface area contributed by atoms with Crippen LogP contribution in [0, 0.1) is 5.82 Å². The topological polar surface area (TPSA) is 47.9 Å². The lowest BCUT2D eigenvalue weighted by Gasteiger charge is -2.32. The van der Waals surface area contributed by atoms with Crippen molar-refractivity contribution in [1.29, 1.82) is 0 Å². The summed E-state index contributed by atoms with van der Waals surface area (Å²) in [5.74, 6) is -0.484. The Morgan fingerprint density at radius 2 is 2.11 bits per heavy atom. The molecule has 2 aliphatic heterocycles. The van der Waals surface area contributed by atoms with E-state index < -0.39 is 11.9 Å². The maximum Gasteiger partial charge on any atom is 0.163 e. The normalized spacial score (nSPS) is 32.7. The third-order valence-corrected chi connectivity index (χ3v) is 3.51. The van der Waals surface area contributed by atoms with Crippen molar-refractivity contribution in [3.8, 4) is 5.75 Å². The highest BCUT2D eigenvalue weighted by molar-refractivity contribution is 5.37. The molecule has 1 fully saturated rings. The lowest BCUT2D eigenvalue weighted by molar-refractivity contribution is -0.152. The zero-order valence-electron chi connectivity index (χ0n) is 10.9. The number of ether oxygens (including phenoxy) is 3. The van der Waals surface area contributed by atoms with E-state index in [-0.39, 0.29) is 18.0 Å². The second-order valence-corrected chi connectivity index (χ2v) is 5.46. The predicted molar refractivity (Wildman–Crippen MR) is 65.3 cm³/mol. The number of hydrogen-bond donors (Lipinski definition) is 1. The second kappa shape index (κ2) is 4.44. The van der Waals surface area contributed by atoms with Crippen LogP contribution in [0.4, 0.5) is 4.39 Å². The fourth-order valence-corrected chi connectivity index (χ4v) is 2.57. The van der Waals surface area contributed by atoms with Gasteiger partial charge in [-0.15, -0.1) is 0 Å². The van der Waals surface area contributed by atoms with Gasteiger partial charge in [0.1, 0.15) is 23.8 Å². The summed E-state index contributed by atoms with van der Waals surface area (Å²) in [6.07, 6.45) is -0.866. The van der Waals surface area contributed by atoms with E-state index in [0.29, 0.717) is 24.3 Å². The number of hydrogen-bond acceptors (Lipinski definition) is 4. The molecule has 5 heteroatoms. The van der Waals surface area contributed by atoms with E-state index in [1.807, 2.05) is 13.8 Å². The van der Waals surface area contributed by atoms with Gasteiger partial charge < -0.3 is 19.3 Å². The van der Waals surface area contributed by atoms with Crippen LogP contribution < -0.4 is 4.74 Å². The maximum atomic E-state index is 13.2. The van der Waals surface area contributed by atoms with Crippen molar-refractivity contribution in [2.24, 2.45) is 0 Å². The molecule has 2 heterocycles. The van der Waals surface area contributed by atoms with Crippen molar-refractivity contribution in [2.45, 2.75) is 44.4 Å². The summed E-state index contributed by atoms with van der Waals surface area (Å²) in [6, 6.07) is 4.18. The number of aliphatic hydroxyl groups excluding tert-OH is 1. The molecule has 2 aliphatic rings. The molecule has 1 aromatic carbocycles. The molecule has 2 unspecified atom stereocenters. The van der Waals surface area contributed by atoms with E-state index in [1.54, 1.807) is 6.07 Å². The monoisotopic (exact) mass is 268 g/mol. The van der Waals surface area contributed by atoms with Gasteiger partial charge in [-0.3, -0.25) is 0 Å². The Kier molecular flexibility index (Phi) is 3.00. The Bertz CT molecular complexity index is 488. The number of fused-ring (bicyclic) bond motifs is 1. The van der Waals surface area contributed by atoms with Crippen molar-refractivity contribution in [2.75, 3.05) is 6.61 Å². The van der Waals surface area contributed by atoms with Crippen LogP contribution in [0.2, 0.25) is 0 Å². The minimum absolute atomic E-state index is 0.220. The Morgan fingerprint density at radius 1 is 1.32 bits per heavy atom. The number of halogens is 1. The fraction of sp³-hybridized carbons (Fsp3) is 0.571. The summed E-state index contributed by atoms with van der Waals surface area (Å²) < 4.78 is 30.2. The van der Waals surface area contributed by atoms with E-state index in [4.69, 9.17) is 14.2 Å². The van der Waals surface area contributed by atoms with Crippen LogP contribution in [0.15, 0.2) is 18.2 Å². The van der Waals surface area contributed by atoms with Gasteiger partial charge in [-0.05, 0) is 32.0 Å². The first-order valence-electron chi connectivity index (χ1n) is 6.40. The third-order valence-electron chi connectivity index (χ3n) is 3.51. The van der Waals surface area contributed by atoms with Crippen molar-refractivity contribution >= 4 is 0 Å². The Hall–Kier alpha value is -1.17. The molecular formula is C14H17FO4. The standard InChI is InChI=1S/C14H17FO4/c1-14(2)17-7-13(19-14)12-6-10(16)9-5-8(15)3-4-11(9)18-12/h3-5,10,12-13,16H,6-7H2,1-2H3/t10?,12?,13-/m0/s1. The molecule has 1 saturated heterocycles. The van der Waals surface area contributed by atoms with E-state index >= 15 is 0 Å². The molecular weight excluding hydrogens is 251 g/mol. The lowest BCUT2D eigenvalue weighted by atomic mass is 9.96. The van der Waals surface area contributed by atoms with Gasteiger partial charge in [-0.25, -0.2) is 4.39 Å².